The maximum Gasteiger partial charge on any atom is 0.263 e. The molecular formula is C17H21ClN4O2. The zero-order chi connectivity index (χ0) is 17.4. The van der Waals surface area contributed by atoms with Crippen LogP contribution in [0, 0.1) is 11.3 Å². The van der Waals surface area contributed by atoms with Gasteiger partial charge in [-0.1, -0.05) is 12.1 Å². The lowest BCUT2D eigenvalue weighted by Gasteiger charge is -2.36. The van der Waals surface area contributed by atoms with Gasteiger partial charge in [0.15, 0.2) is 0 Å². The first-order chi connectivity index (χ1) is 11.7. The van der Waals surface area contributed by atoms with Gasteiger partial charge in [0.25, 0.3) is 5.91 Å². The number of hydrogen-bond donors (Lipinski definition) is 1. The van der Waals surface area contributed by atoms with Crippen LogP contribution in [0.5, 0.6) is 5.75 Å². The van der Waals surface area contributed by atoms with Gasteiger partial charge in [0.1, 0.15) is 17.4 Å². The monoisotopic (exact) mass is 348 g/mol. The summed E-state index contributed by atoms with van der Waals surface area (Å²) in [7, 11) is 1.66. The Hall–Kier alpha value is -2.39. The van der Waals surface area contributed by atoms with E-state index in [-0.39, 0.29) is 11.5 Å². The largest absolute Gasteiger partial charge is 0.495 e. The quantitative estimate of drug-likeness (QED) is 0.480. The summed E-state index contributed by atoms with van der Waals surface area (Å²) in [4.78, 5) is 16.1. The molecule has 6 nitrogen and oxygen atoms in total. The third kappa shape index (κ3) is 4.56. The number of amides is 1. The van der Waals surface area contributed by atoms with Crippen LogP contribution >= 0.6 is 11.6 Å². The van der Waals surface area contributed by atoms with Gasteiger partial charge in [-0.25, -0.2) is 0 Å². The molecule has 1 aliphatic heterocycles. The van der Waals surface area contributed by atoms with Crippen molar-refractivity contribution in [1.29, 1.82) is 5.26 Å². The van der Waals surface area contributed by atoms with E-state index in [0.717, 1.165) is 37.6 Å². The third-order valence-corrected chi connectivity index (χ3v) is 3.99. The number of nitrogens with zero attached hydrogens (tertiary/aromatic N) is 3. The van der Waals surface area contributed by atoms with Crippen molar-refractivity contribution in [2.45, 2.75) is 0 Å². The van der Waals surface area contributed by atoms with Gasteiger partial charge >= 0.3 is 0 Å². The SMILES string of the molecule is COc1ccccc1N1CCN(/C=C(/C#N)C(=O)NCCCl)CC1. The molecule has 1 heterocycles. The summed E-state index contributed by atoms with van der Waals surface area (Å²) < 4.78 is 5.40. The fraction of sp³-hybridized carbons (Fsp3) is 0.412. The molecular weight excluding hydrogens is 328 g/mol. The molecule has 1 aromatic carbocycles. The highest BCUT2D eigenvalue weighted by Crippen LogP contribution is 2.28. The molecule has 1 aliphatic rings. The summed E-state index contributed by atoms with van der Waals surface area (Å²) in [6.45, 7) is 3.39. The van der Waals surface area contributed by atoms with Crippen molar-refractivity contribution in [3.8, 4) is 11.8 Å². The highest BCUT2D eigenvalue weighted by atomic mass is 35.5. The standard InChI is InChI=1S/C17H21ClN4O2/c1-24-16-5-3-2-4-15(16)22-10-8-21(9-11-22)13-14(12-19)17(23)20-7-6-18/h2-5,13H,6-11H2,1H3,(H,20,23)/b14-13-. The minimum atomic E-state index is -0.384. The Balaban J connectivity index is 1.98. The van der Waals surface area contributed by atoms with E-state index in [9.17, 15) is 4.79 Å². The number of para-hydroxylation sites is 2. The van der Waals surface area contributed by atoms with E-state index in [4.69, 9.17) is 21.6 Å². The van der Waals surface area contributed by atoms with Crippen molar-refractivity contribution >= 4 is 23.2 Å². The van der Waals surface area contributed by atoms with E-state index in [1.54, 1.807) is 13.3 Å². The van der Waals surface area contributed by atoms with E-state index >= 15 is 0 Å². The molecule has 128 valence electrons. The predicted molar refractivity (Wildman–Crippen MR) is 94.2 cm³/mol. The van der Waals surface area contributed by atoms with E-state index in [0.29, 0.717) is 12.4 Å². The maximum absolute atomic E-state index is 11.9. The number of nitrogens with one attached hydrogen (secondary N) is 1. The Morgan fingerprint density at radius 2 is 2.08 bits per heavy atom. The molecule has 0 saturated carbocycles. The Kier molecular flexibility index (Phi) is 6.76. The number of anilines is 1. The smallest absolute Gasteiger partial charge is 0.263 e. The maximum atomic E-state index is 11.9. The molecule has 0 aliphatic carbocycles. The molecule has 2 rings (SSSR count). The van der Waals surface area contributed by atoms with Gasteiger partial charge < -0.3 is 19.9 Å². The van der Waals surface area contributed by atoms with Crippen LogP contribution in [0.25, 0.3) is 0 Å². The van der Waals surface area contributed by atoms with Crippen LogP contribution in [0.4, 0.5) is 5.69 Å². The molecule has 1 amide bonds. The summed E-state index contributed by atoms with van der Waals surface area (Å²) >= 11 is 5.54. The third-order valence-electron chi connectivity index (χ3n) is 3.80. The van der Waals surface area contributed by atoms with E-state index < -0.39 is 0 Å². The molecule has 0 unspecified atom stereocenters. The van der Waals surface area contributed by atoms with Crippen molar-refractivity contribution in [1.82, 2.24) is 10.2 Å². The van der Waals surface area contributed by atoms with Crippen LogP contribution in [0.2, 0.25) is 0 Å². The van der Waals surface area contributed by atoms with Gasteiger partial charge in [0.05, 0.1) is 12.8 Å². The Labute approximate surface area is 147 Å². The van der Waals surface area contributed by atoms with Gasteiger partial charge in [-0.3, -0.25) is 4.79 Å². The number of carbonyl (C=O) groups excluding carboxylic acids is 1. The number of methoxy groups -OCH3 is 1. The average Bonchev–Trinajstić information content (AvgIpc) is 2.64. The van der Waals surface area contributed by atoms with Crippen molar-refractivity contribution in [3.63, 3.8) is 0 Å². The van der Waals surface area contributed by atoms with Gasteiger partial charge in [-0.15, -0.1) is 11.6 Å². The zero-order valence-corrected chi connectivity index (χ0v) is 14.4. The number of rotatable bonds is 6. The number of ether oxygens (including phenoxy) is 1. The molecule has 0 atom stereocenters. The van der Waals surface area contributed by atoms with Crippen molar-refractivity contribution < 1.29 is 9.53 Å². The minimum absolute atomic E-state index is 0.103. The Bertz CT molecular complexity index is 634. The summed E-state index contributed by atoms with van der Waals surface area (Å²) in [5.41, 5.74) is 1.16. The molecule has 0 bridgehead atoms. The average molecular weight is 349 g/mol. The van der Waals surface area contributed by atoms with Gasteiger partial charge in [0.2, 0.25) is 0 Å². The Morgan fingerprint density at radius 3 is 2.71 bits per heavy atom. The molecule has 24 heavy (non-hydrogen) atoms. The minimum Gasteiger partial charge on any atom is -0.495 e. The second-order valence-electron chi connectivity index (χ2n) is 5.29. The first-order valence-electron chi connectivity index (χ1n) is 7.77. The lowest BCUT2D eigenvalue weighted by molar-refractivity contribution is -0.117. The normalized spacial score (nSPS) is 15.0. The molecule has 1 saturated heterocycles. The van der Waals surface area contributed by atoms with Crippen LogP contribution < -0.4 is 15.0 Å². The highest BCUT2D eigenvalue weighted by Gasteiger charge is 2.19. The van der Waals surface area contributed by atoms with Crippen LogP contribution in [-0.4, -0.2) is 56.5 Å². The number of hydrogen-bond acceptors (Lipinski definition) is 5. The molecule has 1 fully saturated rings. The molecule has 1 N–H and O–H groups in total. The van der Waals surface area contributed by atoms with Crippen molar-refractivity contribution in [2.75, 3.05) is 50.6 Å². The van der Waals surface area contributed by atoms with Crippen molar-refractivity contribution in [2.24, 2.45) is 0 Å². The fourth-order valence-corrected chi connectivity index (χ4v) is 2.65. The summed E-state index contributed by atoms with van der Waals surface area (Å²) in [5, 5.41) is 11.8. The van der Waals surface area contributed by atoms with Gasteiger partial charge in [-0.05, 0) is 12.1 Å². The van der Waals surface area contributed by atoms with Crippen LogP contribution in [0.3, 0.4) is 0 Å². The lowest BCUT2D eigenvalue weighted by atomic mass is 10.2. The van der Waals surface area contributed by atoms with Gasteiger partial charge in [0, 0.05) is 44.8 Å². The number of piperazine rings is 1. The molecule has 1 aromatic rings. The fourth-order valence-electron chi connectivity index (χ4n) is 2.56. The zero-order valence-electron chi connectivity index (χ0n) is 13.7. The van der Waals surface area contributed by atoms with Crippen molar-refractivity contribution in [3.05, 3.63) is 36.0 Å². The molecule has 0 radical (unpaired) electrons. The lowest BCUT2D eigenvalue weighted by Crippen LogP contribution is -2.44. The molecule has 7 heteroatoms. The second-order valence-corrected chi connectivity index (χ2v) is 5.67. The summed E-state index contributed by atoms with van der Waals surface area (Å²) in [6, 6.07) is 9.85. The van der Waals surface area contributed by atoms with E-state index in [2.05, 4.69) is 10.2 Å². The molecule has 0 spiro atoms. The van der Waals surface area contributed by atoms with Gasteiger partial charge in [-0.2, -0.15) is 5.26 Å². The van der Waals surface area contributed by atoms with Crippen LogP contribution in [0.1, 0.15) is 0 Å². The van der Waals surface area contributed by atoms with Crippen LogP contribution in [0.15, 0.2) is 36.0 Å². The highest BCUT2D eigenvalue weighted by molar-refractivity contribution is 6.18. The number of benzene rings is 1. The first-order valence-corrected chi connectivity index (χ1v) is 8.31. The first kappa shape index (κ1) is 18.0. The molecule has 0 aromatic heterocycles. The number of nitriles is 1. The Morgan fingerprint density at radius 1 is 1.38 bits per heavy atom. The number of halogens is 1. The second kappa shape index (κ2) is 9.04. The number of alkyl halides is 1. The van der Waals surface area contributed by atoms with E-state index in [1.807, 2.05) is 35.2 Å². The predicted octanol–water partition coefficient (Wildman–Crippen LogP) is 1.58. The van der Waals surface area contributed by atoms with E-state index in [1.165, 1.54) is 0 Å². The van der Waals surface area contributed by atoms with Crippen LogP contribution in [-0.2, 0) is 4.79 Å². The summed E-state index contributed by atoms with van der Waals surface area (Å²) in [5.74, 6) is 0.784. The summed E-state index contributed by atoms with van der Waals surface area (Å²) in [6.07, 6.45) is 1.63. The number of carbonyl (C=O) groups is 1. The topological polar surface area (TPSA) is 68.6 Å².